The Kier molecular flexibility index (Phi) is 3.39. The van der Waals surface area contributed by atoms with Gasteiger partial charge in [0, 0.05) is 5.56 Å². The highest BCUT2D eigenvalue weighted by molar-refractivity contribution is 5.76. The van der Waals surface area contributed by atoms with Gasteiger partial charge < -0.3 is 5.11 Å². The summed E-state index contributed by atoms with van der Waals surface area (Å²) in [6.07, 6.45) is 0. The zero-order valence-electron chi connectivity index (χ0n) is 8.50. The fourth-order valence-electron chi connectivity index (χ4n) is 1.54. The van der Waals surface area contributed by atoms with Crippen LogP contribution in [0, 0.1) is 17.6 Å². The lowest BCUT2D eigenvalue weighted by atomic mass is 9.88. The first-order valence-corrected chi connectivity index (χ1v) is 4.62. The predicted octanol–water partition coefficient (Wildman–Crippen LogP) is 2.79. The summed E-state index contributed by atoms with van der Waals surface area (Å²) < 4.78 is 26.2. The second-order valence-electron chi connectivity index (χ2n) is 3.70. The Balaban J connectivity index is 3.23. The molecular weight excluding hydrogens is 202 g/mol. The number of benzene rings is 1. The summed E-state index contributed by atoms with van der Waals surface area (Å²) in [6.45, 7) is 3.31. The second-order valence-corrected chi connectivity index (χ2v) is 3.70. The number of hydrogen-bond donors (Lipinski definition) is 1. The summed E-state index contributed by atoms with van der Waals surface area (Å²) in [7, 11) is 0. The maximum absolute atomic E-state index is 13.3. The first-order chi connectivity index (χ1) is 6.95. The molecule has 1 atom stereocenters. The quantitative estimate of drug-likeness (QED) is 0.840. The van der Waals surface area contributed by atoms with Crippen LogP contribution in [0.5, 0.6) is 0 Å². The van der Waals surface area contributed by atoms with Crippen molar-refractivity contribution in [3.05, 3.63) is 35.4 Å². The molecule has 0 bridgehead atoms. The van der Waals surface area contributed by atoms with Crippen molar-refractivity contribution >= 4 is 5.97 Å². The van der Waals surface area contributed by atoms with Crippen molar-refractivity contribution < 1.29 is 18.7 Å². The third kappa shape index (κ3) is 2.32. The summed E-state index contributed by atoms with van der Waals surface area (Å²) >= 11 is 0. The first-order valence-electron chi connectivity index (χ1n) is 4.62. The van der Waals surface area contributed by atoms with Crippen LogP contribution in [0.4, 0.5) is 8.78 Å². The number of rotatable bonds is 3. The largest absolute Gasteiger partial charge is 0.481 e. The van der Waals surface area contributed by atoms with Crippen LogP contribution in [0.2, 0.25) is 0 Å². The van der Waals surface area contributed by atoms with Gasteiger partial charge in [0.1, 0.15) is 0 Å². The van der Waals surface area contributed by atoms with Gasteiger partial charge in [0.25, 0.3) is 0 Å². The minimum absolute atomic E-state index is 0.0995. The van der Waals surface area contributed by atoms with Crippen LogP contribution in [0.1, 0.15) is 25.3 Å². The van der Waals surface area contributed by atoms with Crippen LogP contribution in [0.25, 0.3) is 0 Å². The SMILES string of the molecule is CC(C)C(C(=O)O)c1cccc(F)c1F. The van der Waals surface area contributed by atoms with E-state index in [-0.39, 0.29) is 11.5 Å². The average molecular weight is 214 g/mol. The van der Waals surface area contributed by atoms with Crippen molar-refractivity contribution in [3.63, 3.8) is 0 Å². The van der Waals surface area contributed by atoms with E-state index >= 15 is 0 Å². The number of carboxylic acid groups (broad SMARTS) is 1. The summed E-state index contributed by atoms with van der Waals surface area (Å²) in [5.74, 6) is -4.54. The van der Waals surface area contributed by atoms with E-state index in [1.807, 2.05) is 0 Å². The summed E-state index contributed by atoms with van der Waals surface area (Å²) in [5, 5.41) is 8.92. The molecule has 0 heterocycles. The lowest BCUT2D eigenvalue weighted by Gasteiger charge is -2.17. The Bertz CT molecular complexity index is 375. The molecule has 0 radical (unpaired) electrons. The van der Waals surface area contributed by atoms with Crippen molar-refractivity contribution in [3.8, 4) is 0 Å². The molecule has 0 aliphatic heterocycles. The van der Waals surface area contributed by atoms with Gasteiger partial charge in [0.05, 0.1) is 5.92 Å². The van der Waals surface area contributed by atoms with E-state index in [2.05, 4.69) is 0 Å². The van der Waals surface area contributed by atoms with E-state index in [1.165, 1.54) is 12.1 Å². The molecule has 0 amide bonds. The molecule has 2 nitrogen and oxygen atoms in total. The molecule has 0 aliphatic rings. The molecule has 82 valence electrons. The maximum atomic E-state index is 13.3. The van der Waals surface area contributed by atoms with Gasteiger partial charge in [-0.3, -0.25) is 4.79 Å². The second kappa shape index (κ2) is 4.38. The Hall–Kier alpha value is -1.45. The standard InChI is InChI=1S/C11H12F2O2/c1-6(2)9(11(14)15)7-4-3-5-8(12)10(7)13/h3-6,9H,1-2H3,(H,14,15). The van der Waals surface area contributed by atoms with Crippen LogP contribution in [-0.4, -0.2) is 11.1 Å². The normalized spacial score (nSPS) is 12.9. The highest BCUT2D eigenvalue weighted by Gasteiger charge is 2.27. The summed E-state index contributed by atoms with van der Waals surface area (Å²) in [6, 6.07) is 3.58. The van der Waals surface area contributed by atoms with Crippen LogP contribution in [0.15, 0.2) is 18.2 Å². The molecule has 1 aromatic rings. The molecular formula is C11H12F2O2. The molecule has 0 spiro atoms. The third-order valence-corrected chi connectivity index (χ3v) is 2.25. The zero-order valence-corrected chi connectivity index (χ0v) is 8.50. The Labute approximate surface area is 86.5 Å². The number of halogens is 2. The van der Waals surface area contributed by atoms with E-state index in [1.54, 1.807) is 13.8 Å². The van der Waals surface area contributed by atoms with Gasteiger partial charge in [-0.25, -0.2) is 8.78 Å². The minimum atomic E-state index is -1.14. The highest BCUT2D eigenvalue weighted by atomic mass is 19.2. The number of aliphatic carboxylic acids is 1. The molecule has 0 aliphatic carbocycles. The fraction of sp³-hybridized carbons (Fsp3) is 0.364. The van der Waals surface area contributed by atoms with E-state index in [4.69, 9.17) is 5.11 Å². The van der Waals surface area contributed by atoms with Crippen molar-refractivity contribution in [2.24, 2.45) is 5.92 Å². The van der Waals surface area contributed by atoms with Gasteiger partial charge in [-0.2, -0.15) is 0 Å². The fourth-order valence-corrected chi connectivity index (χ4v) is 1.54. The monoisotopic (exact) mass is 214 g/mol. The Morgan fingerprint density at radius 1 is 1.33 bits per heavy atom. The van der Waals surface area contributed by atoms with Gasteiger partial charge in [-0.1, -0.05) is 26.0 Å². The average Bonchev–Trinajstić information content (AvgIpc) is 2.11. The number of hydrogen-bond acceptors (Lipinski definition) is 1. The molecule has 4 heteroatoms. The van der Waals surface area contributed by atoms with E-state index in [0.29, 0.717) is 0 Å². The zero-order chi connectivity index (χ0) is 11.6. The molecule has 1 aromatic carbocycles. The van der Waals surface area contributed by atoms with Crippen LogP contribution < -0.4 is 0 Å². The van der Waals surface area contributed by atoms with E-state index in [9.17, 15) is 13.6 Å². The molecule has 0 fully saturated rings. The van der Waals surface area contributed by atoms with Gasteiger partial charge in [0.2, 0.25) is 0 Å². The Morgan fingerprint density at radius 2 is 1.93 bits per heavy atom. The van der Waals surface area contributed by atoms with E-state index < -0.39 is 23.5 Å². The van der Waals surface area contributed by atoms with Crippen molar-refractivity contribution in [1.82, 2.24) is 0 Å². The summed E-state index contributed by atoms with van der Waals surface area (Å²) in [5.41, 5.74) is -0.0995. The lowest BCUT2D eigenvalue weighted by molar-refractivity contribution is -0.139. The number of carboxylic acids is 1. The molecule has 1 N–H and O–H groups in total. The molecule has 0 saturated carbocycles. The predicted molar refractivity (Wildman–Crippen MR) is 51.6 cm³/mol. The number of carbonyl (C=O) groups is 1. The van der Waals surface area contributed by atoms with Crippen molar-refractivity contribution in [2.45, 2.75) is 19.8 Å². The Morgan fingerprint density at radius 3 is 2.40 bits per heavy atom. The van der Waals surface area contributed by atoms with Gasteiger partial charge in [-0.05, 0) is 12.0 Å². The van der Waals surface area contributed by atoms with Crippen LogP contribution >= 0.6 is 0 Å². The summed E-state index contributed by atoms with van der Waals surface area (Å²) in [4.78, 5) is 10.9. The molecule has 0 aromatic heterocycles. The smallest absolute Gasteiger partial charge is 0.311 e. The topological polar surface area (TPSA) is 37.3 Å². The molecule has 1 rings (SSSR count). The third-order valence-electron chi connectivity index (χ3n) is 2.25. The molecule has 1 unspecified atom stereocenters. The van der Waals surface area contributed by atoms with Crippen LogP contribution in [-0.2, 0) is 4.79 Å². The van der Waals surface area contributed by atoms with E-state index in [0.717, 1.165) is 6.07 Å². The van der Waals surface area contributed by atoms with Crippen LogP contribution in [0.3, 0.4) is 0 Å². The lowest BCUT2D eigenvalue weighted by Crippen LogP contribution is -2.19. The van der Waals surface area contributed by atoms with Crippen molar-refractivity contribution in [2.75, 3.05) is 0 Å². The molecule has 0 saturated heterocycles. The van der Waals surface area contributed by atoms with Gasteiger partial charge in [0.15, 0.2) is 11.6 Å². The minimum Gasteiger partial charge on any atom is -0.481 e. The highest BCUT2D eigenvalue weighted by Crippen LogP contribution is 2.27. The first kappa shape index (κ1) is 11.6. The van der Waals surface area contributed by atoms with Crippen molar-refractivity contribution in [1.29, 1.82) is 0 Å². The van der Waals surface area contributed by atoms with Gasteiger partial charge in [-0.15, -0.1) is 0 Å². The maximum Gasteiger partial charge on any atom is 0.311 e. The molecule has 15 heavy (non-hydrogen) atoms. The van der Waals surface area contributed by atoms with Gasteiger partial charge >= 0.3 is 5.97 Å².